The molecule has 0 saturated carbocycles. The average molecular weight is 483 g/mol. The lowest BCUT2D eigenvalue weighted by Crippen LogP contribution is -2.49. The van der Waals surface area contributed by atoms with Crippen molar-refractivity contribution in [1.82, 2.24) is 10.7 Å². The van der Waals surface area contributed by atoms with E-state index in [1.54, 1.807) is 26.0 Å². The van der Waals surface area contributed by atoms with E-state index in [1.165, 1.54) is 23.6 Å². The summed E-state index contributed by atoms with van der Waals surface area (Å²) in [5, 5.41) is 19.9. The number of carbonyl (C=O) groups excluding carboxylic acids is 2. The molecule has 34 heavy (non-hydrogen) atoms. The number of nitro benzene ring substituents is 1. The van der Waals surface area contributed by atoms with E-state index >= 15 is 0 Å². The van der Waals surface area contributed by atoms with E-state index in [2.05, 4.69) is 15.8 Å². The lowest BCUT2D eigenvalue weighted by Gasteiger charge is -2.20. The molecular weight excluding hydrogens is 456 g/mol. The minimum Gasteiger partial charge on any atom is -0.455 e. The zero-order valence-electron chi connectivity index (χ0n) is 19.3. The highest BCUT2D eigenvalue weighted by Gasteiger charge is 2.24. The standard InChI is InChI=1S/C24H26N4O5S/c1-14(2)23(26-22(29)12-19-6-5-9-34-19)24(30)27-25-13-18-7-8-21(33-18)17-10-15(3)16(4)20(11-17)28(31)32/h5-11,13-14,23H,12H2,1-4H3,(H,26,29)(H,27,30)/t23-/m0/s1. The SMILES string of the molecule is Cc1cc(-c2ccc(C=NNC(=O)[C@@H](NC(=O)Cc3cccs3)C(C)C)o2)cc([N+](=O)[O-])c1C. The Hall–Kier alpha value is -3.79. The molecule has 0 aliphatic rings. The quantitative estimate of drug-likeness (QED) is 0.266. The summed E-state index contributed by atoms with van der Waals surface area (Å²) < 4.78 is 5.72. The van der Waals surface area contributed by atoms with Crippen molar-refractivity contribution in [2.75, 3.05) is 0 Å². The van der Waals surface area contributed by atoms with Gasteiger partial charge in [0.1, 0.15) is 17.6 Å². The van der Waals surface area contributed by atoms with Crippen molar-refractivity contribution >= 4 is 35.1 Å². The second kappa shape index (κ2) is 10.9. The highest BCUT2D eigenvalue weighted by Crippen LogP contribution is 2.30. The molecule has 0 fully saturated rings. The molecule has 0 spiro atoms. The monoisotopic (exact) mass is 482 g/mol. The molecule has 3 rings (SSSR count). The first-order chi connectivity index (χ1) is 16.2. The number of thiophene rings is 1. The Morgan fingerprint density at radius 1 is 1.24 bits per heavy atom. The van der Waals surface area contributed by atoms with Gasteiger partial charge in [-0.2, -0.15) is 5.10 Å². The fraction of sp³-hybridized carbons (Fsp3) is 0.292. The van der Waals surface area contributed by atoms with Gasteiger partial charge in [0.2, 0.25) is 5.91 Å². The van der Waals surface area contributed by atoms with Crippen molar-refractivity contribution in [3.05, 3.63) is 73.7 Å². The van der Waals surface area contributed by atoms with Crippen molar-refractivity contribution in [3.63, 3.8) is 0 Å². The highest BCUT2D eigenvalue weighted by atomic mass is 32.1. The summed E-state index contributed by atoms with van der Waals surface area (Å²) in [5.74, 6) is -0.0158. The van der Waals surface area contributed by atoms with Crippen molar-refractivity contribution in [1.29, 1.82) is 0 Å². The van der Waals surface area contributed by atoms with Crippen LogP contribution < -0.4 is 10.7 Å². The lowest BCUT2D eigenvalue weighted by atomic mass is 10.0. The molecule has 0 bridgehead atoms. The third-order valence-electron chi connectivity index (χ3n) is 5.29. The number of benzene rings is 1. The third kappa shape index (κ3) is 6.16. The minimum absolute atomic E-state index is 0.0229. The predicted molar refractivity (Wildman–Crippen MR) is 131 cm³/mol. The van der Waals surface area contributed by atoms with Crippen LogP contribution in [0.5, 0.6) is 0 Å². The Morgan fingerprint density at radius 2 is 2.00 bits per heavy atom. The molecule has 0 unspecified atom stereocenters. The number of nitro groups is 1. The van der Waals surface area contributed by atoms with Crippen molar-refractivity contribution in [3.8, 4) is 11.3 Å². The van der Waals surface area contributed by atoms with E-state index in [9.17, 15) is 19.7 Å². The second-order valence-electron chi connectivity index (χ2n) is 8.18. The van der Waals surface area contributed by atoms with E-state index in [0.29, 0.717) is 22.6 Å². The molecule has 0 saturated heterocycles. The molecule has 1 atom stereocenters. The Bertz CT molecular complexity index is 1210. The van der Waals surface area contributed by atoms with Gasteiger partial charge in [-0.1, -0.05) is 19.9 Å². The maximum atomic E-state index is 12.6. The van der Waals surface area contributed by atoms with Crippen LogP contribution in [0.4, 0.5) is 5.69 Å². The summed E-state index contributed by atoms with van der Waals surface area (Å²) in [6, 6.07) is 9.61. The van der Waals surface area contributed by atoms with Crippen LogP contribution in [0.2, 0.25) is 0 Å². The molecule has 2 amide bonds. The predicted octanol–water partition coefficient (Wildman–Crippen LogP) is 4.37. The van der Waals surface area contributed by atoms with Crippen molar-refractivity contribution in [2.45, 2.75) is 40.2 Å². The van der Waals surface area contributed by atoms with Gasteiger partial charge in [0.05, 0.1) is 17.6 Å². The number of aryl methyl sites for hydroxylation is 1. The number of nitrogens with one attached hydrogen (secondary N) is 2. The van der Waals surface area contributed by atoms with Crippen LogP contribution >= 0.6 is 11.3 Å². The topological polar surface area (TPSA) is 127 Å². The minimum atomic E-state index is -0.743. The summed E-state index contributed by atoms with van der Waals surface area (Å²) in [4.78, 5) is 36.7. The van der Waals surface area contributed by atoms with Crippen molar-refractivity contribution < 1.29 is 18.9 Å². The summed E-state index contributed by atoms with van der Waals surface area (Å²) in [5.41, 5.74) is 4.42. The average Bonchev–Trinajstić information content (AvgIpc) is 3.45. The Balaban J connectivity index is 1.64. The van der Waals surface area contributed by atoms with Crippen LogP contribution in [0.25, 0.3) is 11.3 Å². The molecule has 3 aromatic rings. The van der Waals surface area contributed by atoms with Gasteiger partial charge in [0, 0.05) is 22.1 Å². The van der Waals surface area contributed by atoms with E-state index < -0.39 is 16.9 Å². The molecule has 2 N–H and O–H groups in total. The summed E-state index contributed by atoms with van der Waals surface area (Å²) >= 11 is 1.48. The second-order valence-corrected chi connectivity index (χ2v) is 9.21. The number of rotatable bonds is 9. The fourth-order valence-electron chi connectivity index (χ4n) is 3.31. The van der Waals surface area contributed by atoms with Crippen LogP contribution in [-0.4, -0.2) is 29.0 Å². The van der Waals surface area contributed by atoms with Crippen LogP contribution in [0.1, 0.15) is 35.6 Å². The zero-order valence-corrected chi connectivity index (χ0v) is 20.1. The first-order valence-corrected chi connectivity index (χ1v) is 11.5. The smallest absolute Gasteiger partial charge is 0.273 e. The summed E-state index contributed by atoms with van der Waals surface area (Å²) in [7, 11) is 0. The van der Waals surface area contributed by atoms with Gasteiger partial charge in [-0.05, 0) is 55.0 Å². The maximum absolute atomic E-state index is 12.6. The molecule has 2 aromatic heterocycles. The first-order valence-electron chi connectivity index (χ1n) is 10.7. The Morgan fingerprint density at radius 3 is 2.65 bits per heavy atom. The normalized spacial score (nSPS) is 12.1. The Labute approximate surface area is 201 Å². The number of furan rings is 1. The number of hydrazone groups is 1. The van der Waals surface area contributed by atoms with Gasteiger partial charge in [-0.25, -0.2) is 5.43 Å². The number of carbonyl (C=O) groups is 2. The number of nitrogens with zero attached hydrogens (tertiary/aromatic N) is 2. The van der Waals surface area contributed by atoms with Gasteiger partial charge in [0.25, 0.3) is 11.6 Å². The van der Waals surface area contributed by atoms with E-state index in [0.717, 1.165) is 10.4 Å². The van der Waals surface area contributed by atoms with Crippen LogP contribution in [0.3, 0.4) is 0 Å². The zero-order chi connectivity index (χ0) is 24.8. The number of hydrogen-bond donors (Lipinski definition) is 2. The molecule has 0 aliphatic heterocycles. The molecular formula is C24H26N4O5S. The van der Waals surface area contributed by atoms with Gasteiger partial charge in [-0.3, -0.25) is 19.7 Å². The Kier molecular flexibility index (Phi) is 7.95. The summed E-state index contributed by atoms with van der Waals surface area (Å²) in [6.45, 7) is 7.17. The van der Waals surface area contributed by atoms with Gasteiger partial charge >= 0.3 is 0 Å². The lowest BCUT2D eigenvalue weighted by molar-refractivity contribution is -0.385. The maximum Gasteiger partial charge on any atom is 0.273 e. The van der Waals surface area contributed by atoms with Gasteiger partial charge in [0.15, 0.2) is 0 Å². The first kappa shape index (κ1) is 24.8. The molecule has 1 aromatic carbocycles. The molecule has 2 heterocycles. The molecule has 178 valence electrons. The fourth-order valence-corrected chi connectivity index (χ4v) is 4.01. The largest absolute Gasteiger partial charge is 0.455 e. The van der Waals surface area contributed by atoms with E-state index in [-0.39, 0.29) is 23.9 Å². The van der Waals surface area contributed by atoms with Crippen LogP contribution in [0.15, 0.2) is 51.3 Å². The molecule has 0 aliphatic carbocycles. The molecule has 10 heteroatoms. The van der Waals surface area contributed by atoms with Crippen LogP contribution in [0, 0.1) is 29.9 Å². The highest BCUT2D eigenvalue weighted by molar-refractivity contribution is 7.10. The van der Waals surface area contributed by atoms with Gasteiger partial charge < -0.3 is 9.73 Å². The van der Waals surface area contributed by atoms with Gasteiger partial charge in [-0.15, -0.1) is 11.3 Å². The summed E-state index contributed by atoms with van der Waals surface area (Å²) in [6.07, 6.45) is 1.55. The van der Waals surface area contributed by atoms with E-state index in [1.807, 2.05) is 37.4 Å². The van der Waals surface area contributed by atoms with Crippen molar-refractivity contribution in [2.24, 2.45) is 11.0 Å². The number of amides is 2. The number of hydrogen-bond acceptors (Lipinski definition) is 7. The third-order valence-corrected chi connectivity index (χ3v) is 6.17. The van der Waals surface area contributed by atoms with Crippen LogP contribution in [-0.2, 0) is 16.0 Å². The molecule has 0 radical (unpaired) electrons. The van der Waals surface area contributed by atoms with E-state index in [4.69, 9.17) is 4.42 Å². The molecule has 9 nitrogen and oxygen atoms in total.